The zero-order chi connectivity index (χ0) is 15.2. The first kappa shape index (κ1) is 15.9. The second kappa shape index (κ2) is 6.88. The predicted molar refractivity (Wildman–Crippen MR) is 73.9 cm³/mol. The van der Waals surface area contributed by atoms with Crippen LogP contribution in [0.2, 0.25) is 0 Å². The lowest BCUT2D eigenvalue weighted by Gasteiger charge is -2.19. The van der Waals surface area contributed by atoms with Crippen molar-refractivity contribution in [2.24, 2.45) is 0 Å². The normalized spacial score (nSPS) is 10.8. The molecule has 20 heavy (non-hydrogen) atoms. The Balaban J connectivity index is 2.27. The first-order valence-electron chi connectivity index (χ1n) is 6.28. The second-order valence-corrected chi connectivity index (χ2v) is 5.23. The quantitative estimate of drug-likeness (QED) is 0.892. The Hall–Kier alpha value is -2.11. The Labute approximate surface area is 117 Å². The lowest BCUT2D eigenvalue weighted by atomic mass is 10.2. The van der Waals surface area contributed by atoms with Crippen LogP contribution in [-0.2, 0) is 9.53 Å². The molecule has 6 heteroatoms. The van der Waals surface area contributed by atoms with Crippen LogP contribution in [0.15, 0.2) is 24.3 Å². The van der Waals surface area contributed by atoms with Gasteiger partial charge in [-0.3, -0.25) is 4.79 Å². The Morgan fingerprint density at radius 1 is 1.20 bits per heavy atom. The molecule has 0 aliphatic carbocycles. The van der Waals surface area contributed by atoms with E-state index >= 15 is 0 Å². The molecule has 2 amide bonds. The monoisotopic (exact) mass is 282 g/mol. The molecule has 1 rings (SSSR count). The lowest BCUT2D eigenvalue weighted by Crippen LogP contribution is -2.34. The molecule has 0 spiro atoms. The van der Waals surface area contributed by atoms with Gasteiger partial charge in [0.1, 0.15) is 11.4 Å². The Morgan fingerprint density at radius 3 is 2.35 bits per heavy atom. The van der Waals surface area contributed by atoms with Gasteiger partial charge in [0.2, 0.25) is 5.91 Å². The fraction of sp³-hybridized carbons (Fsp3) is 0.429. The summed E-state index contributed by atoms with van der Waals surface area (Å²) in [6.45, 7) is 5.44. The Kier molecular flexibility index (Phi) is 5.49. The molecule has 110 valence electrons. The standard InChI is InChI=1S/C14H19FN2O3/c1-14(2,3)20-13(19)16-9-8-12(18)17-11-6-4-10(15)5-7-11/h4-7H,8-9H2,1-3H3,(H,16,19)(H,17,18). The number of halogens is 1. The van der Waals surface area contributed by atoms with Crippen LogP contribution in [0.3, 0.4) is 0 Å². The fourth-order valence-electron chi connectivity index (χ4n) is 1.35. The SMILES string of the molecule is CC(C)(C)OC(=O)NCCC(=O)Nc1ccc(F)cc1. The summed E-state index contributed by atoms with van der Waals surface area (Å²) in [6, 6.07) is 5.45. The summed E-state index contributed by atoms with van der Waals surface area (Å²) in [7, 11) is 0. The lowest BCUT2D eigenvalue weighted by molar-refractivity contribution is -0.116. The molecule has 2 N–H and O–H groups in total. The molecule has 1 aromatic rings. The average Bonchev–Trinajstić information content (AvgIpc) is 2.29. The van der Waals surface area contributed by atoms with Gasteiger partial charge in [-0.25, -0.2) is 9.18 Å². The van der Waals surface area contributed by atoms with Crippen LogP contribution in [0.25, 0.3) is 0 Å². The average molecular weight is 282 g/mol. The molecular formula is C14H19FN2O3. The fourth-order valence-corrected chi connectivity index (χ4v) is 1.35. The third-order valence-corrected chi connectivity index (χ3v) is 2.15. The number of amides is 2. The van der Waals surface area contributed by atoms with Gasteiger partial charge in [-0.15, -0.1) is 0 Å². The maximum absolute atomic E-state index is 12.7. The van der Waals surface area contributed by atoms with Gasteiger partial charge in [-0.2, -0.15) is 0 Å². The zero-order valence-electron chi connectivity index (χ0n) is 11.8. The van der Waals surface area contributed by atoms with Crippen LogP contribution in [0, 0.1) is 5.82 Å². The molecule has 0 aromatic heterocycles. The molecule has 0 saturated heterocycles. The molecule has 0 fully saturated rings. The van der Waals surface area contributed by atoms with E-state index in [1.165, 1.54) is 24.3 Å². The maximum Gasteiger partial charge on any atom is 0.407 e. The smallest absolute Gasteiger partial charge is 0.407 e. The first-order valence-corrected chi connectivity index (χ1v) is 6.28. The summed E-state index contributed by atoms with van der Waals surface area (Å²) in [4.78, 5) is 22.9. The third-order valence-electron chi connectivity index (χ3n) is 2.15. The van der Waals surface area contributed by atoms with Crippen molar-refractivity contribution in [2.45, 2.75) is 32.8 Å². The van der Waals surface area contributed by atoms with Crippen LogP contribution < -0.4 is 10.6 Å². The molecule has 0 unspecified atom stereocenters. The second-order valence-electron chi connectivity index (χ2n) is 5.23. The molecular weight excluding hydrogens is 263 g/mol. The van der Waals surface area contributed by atoms with E-state index in [0.29, 0.717) is 5.69 Å². The molecule has 5 nitrogen and oxygen atoms in total. The number of alkyl carbamates (subject to hydrolysis) is 1. The summed E-state index contributed by atoms with van der Waals surface area (Å²) in [5.74, 6) is -0.637. The van der Waals surface area contributed by atoms with Gasteiger partial charge < -0.3 is 15.4 Å². The molecule has 0 atom stereocenters. The van der Waals surface area contributed by atoms with Gasteiger partial charge in [0.15, 0.2) is 0 Å². The highest BCUT2D eigenvalue weighted by molar-refractivity contribution is 5.90. The van der Waals surface area contributed by atoms with Gasteiger partial charge in [0.25, 0.3) is 0 Å². The minimum absolute atomic E-state index is 0.108. The van der Waals surface area contributed by atoms with Gasteiger partial charge in [-0.1, -0.05) is 0 Å². The van der Waals surface area contributed by atoms with Crippen LogP contribution in [-0.4, -0.2) is 24.1 Å². The van der Waals surface area contributed by atoms with E-state index < -0.39 is 11.7 Å². The molecule has 0 saturated carbocycles. The van der Waals surface area contributed by atoms with E-state index in [1.807, 2.05) is 0 Å². The highest BCUT2D eigenvalue weighted by Crippen LogP contribution is 2.08. The van der Waals surface area contributed by atoms with E-state index in [-0.39, 0.29) is 24.7 Å². The van der Waals surface area contributed by atoms with Crippen molar-refractivity contribution in [3.63, 3.8) is 0 Å². The zero-order valence-corrected chi connectivity index (χ0v) is 11.8. The third kappa shape index (κ3) is 6.72. The van der Waals surface area contributed by atoms with E-state index in [9.17, 15) is 14.0 Å². The van der Waals surface area contributed by atoms with Crippen molar-refractivity contribution in [2.75, 3.05) is 11.9 Å². The van der Waals surface area contributed by atoms with Crippen molar-refractivity contribution in [3.8, 4) is 0 Å². The van der Waals surface area contributed by atoms with E-state index in [1.54, 1.807) is 20.8 Å². The van der Waals surface area contributed by atoms with E-state index in [2.05, 4.69) is 10.6 Å². The number of benzene rings is 1. The van der Waals surface area contributed by atoms with E-state index in [0.717, 1.165) is 0 Å². The van der Waals surface area contributed by atoms with Gasteiger partial charge >= 0.3 is 6.09 Å². The number of carbonyl (C=O) groups excluding carboxylic acids is 2. The summed E-state index contributed by atoms with van der Waals surface area (Å²) < 4.78 is 17.7. The maximum atomic E-state index is 12.7. The largest absolute Gasteiger partial charge is 0.444 e. The van der Waals surface area contributed by atoms with Crippen molar-refractivity contribution in [3.05, 3.63) is 30.1 Å². The highest BCUT2D eigenvalue weighted by Gasteiger charge is 2.15. The number of hydrogen-bond acceptors (Lipinski definition) is 3. The molecule has 0 heterocycles. The van der Waals surface area contributed by atoms with Crippen molar-refractivity contribution in [1.29, 1.82) is 0 Å². The Bertz CT molecular complexity index is 466. The van der Waals surface area contributed by atoms with Crippen LogP contribution in [0.1, 0.15) is 27.2 Å². The number of ether oxygens (including phenoxy) is 1. The Morgan fingerprint density at radius 2 is 1.80 bits per heavy atom. The van der Waals surface area contributed by atoms with Crippen molar-refractivity contribution >= 4 is 17.7 Å². The predicted octanol–water partition coefficient (Wildman–Crippen LogP) is 2.68. The number of rotatable bonds is 4. The highest BCUT2D eigenvalue weighted by atomic mass is 19.1. The van der Waals surface area contributed by atoms with Gasteiger partial charge in [0, 0.05) is 18.7 Å². The van der Waals surface area contributed by atoms with Gasteiger partial charge in [0.05, 0.1) is 0 Å². The molecule has 0 aliphatic heterocycles. The topological polar surface area (TPSA) is 67.4 Å². The minimum atomic E-state index is -0.569. The summed E-state index contributed by atoms with van der Waals surface area (Å²) in [5, 5.41) is 5.08. The van der Waals surface area contributed by atoms with Crippen LogP contribution in [0.4, 0.5) is 14.9 Å². The van der Waals surface area contributed by atoms with Crippen molar-refractivity contribution < 1.29 is 18.7 Å². The van der Waals surface area contributed by atoms with E-state index in [4.69, 9.17) is 4.74 Å². The first-order chi connectivity index (χ1) is 9.26. The summed E-state index contributed by atoms with van der Waals surface area (Å²) >= 11 is 0. The molecule has 0 aliphatic rings. The number of hydrogen-bond donors (Lipinski definition) is 2. The van der Waals surface area contributed by atoms with Crippen LogP contribution >= 0.6 is 0 Å². The van der Waals surface area contributed by atoms with Crippen molar-refractivity contribution in [1.82, 2.24) is 5.32 Å². The number of carbonyl (C=O) groups is 2. The summed E-state index contributed by atoms with van der Waals surface area (Å²) in [6.07, 6.45) is -0.455. The van der Waals surface area contributed by atoms with Gasteiger partial charge in [-0.05, 0) is 45.0 Å². The molecule has 0 radical (unpaired) electrons. The number of anilines is 1. The molecule has 0 bridgehead atoms. The van der Waals surface area contributed by atoms with Crippen LogP contribution in [0.5, 0.6) is 0 Å². The number of nitrogens with one attached hydrogen (secondary N) is 2. The molecule has 1 aromatic carbocycles. The summed E-state index contributed by atoms with van der Waals surface area (Å²) in [5.41, 5.74) is -0.0610. The minimum Gasteiger partial charge on any atom is -0.444 e.